The Morgan fingerprint density at radius 1 is 1.20 bits per heavy atom. The summed E-state index contributed by atoms with van der Waals surface area (Å²) < 4.78 is 13.7. The van der Waals surface area contributed by atoms with Gasteiger partial charge in [-0.3, -0.25) is 4.52 Å². The molecule has 2 unspecified atom stereocenters. The van der Waals surface area contributed by atoms with E-state index in [1.807, 2.05) is 0 Å². The van der Waals surface area contributed by atoms with Crippen LogP contribution in [0.1, 0.15) is 2.85 Å². The summed E-state index contributed by atoms with van der Waals surface area (Å²) in [5, 5.41) is 25.1. The van der Waals surface area contributed by atoms with Crippen LogP contribution in [-0.2, 0) is 18.7 Å². The molecule has 0 aliphatic heterocycles. The van der Waals surface area contributed by atoms with E-state index in [0.29, 0.717) is 0 Å². The topological polar surface area (TPSA) is 162 Å². The average molecular weight is 272 g/mol. The Morgan fingerprint density at radius 2 is 1.60 bits per heavy atom. The van der Waals surface area contributed by atoms with Crippen molar-refractivity contribution in [2.75, 3.05) is 0 Å². The van der Waals surface area contributed by atoms with E-state index in [-0.39, 0.29) is 40.6 Å². The van der Waals surface area contributed by atoms with Gasteiger partial charge >= 0.3 is 57.5 Å². The normalized spacial score (nSPS) is 14.9. The molecule has 0 aromatic rings. The average Bonchev–Trinajstić information content (AvgIpc) is 1.96. The van der Waals surface area contributed by atoms with E-state index in [1.54, 1.807) is 0 Å². The van der Waals surface area contributed by atoms with Gasteiger partial charge in [0.2, 0.25) is 6.10 Å². The molecule has 9 nitrogen and oxygen atoms in total. The molecule has 0 aromatic carbocycles. The molecule has 0 heterocycles. The van der Waals surface area contributed by atoms with Gasteiger partial charge in [0.15, 0.2) is 6.10 Å². The van der Waals surface area contributed by atoms with Crippen molar-refractivity contribution in [2.45, 2.75) is 12.2 Å². The number of aliphatic hydroxyl groups is 1. The van der Waals surface area contributed by atoms with Gasteiger partial charge < -0.3 is 28.0 Å². The van der Waals surface area contributed by atoms with E-state index in [1.165, 1.54) is 0 Å². The summed E-state index contributed by atoms with van der Waals surface area (Å²) in [7, 11) is -5.17. The second-order valence-electron chi connectivity index (χ2n) is 2.14. The number of aliphatic hydroxyl groups excluding tert-OH is 1. The number of rotatable bonds is 5. The van der Waals surface area contributed by atoms with Crippen LogP contribution in [0.2, 0.25) is 0 Å². The molecule has 0 saturated heterocycles. The number of hydrogen-bond donors (Lipinski definition) is 5. The predicted octanol–water partition coefficient (Wildman–Crippen LogP) is -2.16. The van der Waals surface area contributed by atoms with E-state index in [2.05, 4.69) is 4.52 Å². The minimum atomic E-state index is -5.17. The van der Waals surface area contributed by atoms with Crippen molar-refractivity contribution in [2.24, 2.45) is 0 Å². The molecule has 0 aliphatic carbocycles. The van der Waals surface area contributed by atoms with Crippen LogP contribution in [0.15, 0.2) is 0 Å². The van der Waals surface area contributed by atoms with Gasteiger partial charge in [-0.05, 0) is 0 Å². The number of carboxylic acids is 2. The van der Waals surface area contributed by atoms with Crippen LogP contribution in [0, 0.1) is 0 Å². The first-order valence-electron chi connectivity index (χ1n) is 3.03. The Morgan fingerprint density at radius 3 is 1.80 bits per heavy atom. The Kier molecular flexibility index (Phi) is 7.97. The van der Waals surface area contributed by atoms with Gasteiger partial charge in [-0.15, -0.1) is 0 Å². The minimum Gasteiger partial charge on any atom is -1.00 e. The van der Waals surface area contributed by atoms with Crippen molar-refractivity contribution in [3.8, 4) is 0 Å². The van der Waals surface area contributed by atoms with Crippen molar-refractivity contribution >= 4 is 57.5 Å². The molecule has 0 aliphatic rings. The number of phosphoric ester groups is 1. The third-order valence-electron chi connectivity index (χ3n) is 1.03. The molecule has 0 radical (unpaired) electrons. The maximum Gasteiger partial charge on any atom is 2.00 e. The Hall–Kier alpha value is 0.270. The van der Waals surface area contributed by atoms with Crippen LogP contribution in [0.25, 0.3) is 0 Å². The summed E-state index contributed by atoms with van der Waals surface area (Å²) in [4.78, 5) is 36.7. The van der Waals surface area contributed by atoms with Crippen molar-refractivity contribution in [1.29, 1.82) is 0 Å². The van der Waals surface area contributed by atoms with Crippen molar-refractivity contribution in [3.05, 3.63) is 0 Å². The summed E-state index contributed by atoms with van der Waals surface area (Å²) in [6.07, 6.45) is -5.08. The van der Waals surface area contributed by atoms with Crippen LogP contribution in [0.4, 0.5) is 0 Å². The SMILES string of the molecule is O=C(O)C(O)C(OP(=O)(O)O)C(=O)O.[Ca+2].[H-].[H-]. The standard InChI is InChI=1S/C4H7O9P.Ca.2H/c5-1(3(6)7)2(4(8)9)13-14(10,11)12;;;/h1-2,5H,(H,6,7)(H,8,9)(H2,10,11,12);;;/q;+2;2*-1. The Balaban J connectivity index is -0.000000282. The molecule has 0 fully saturated rings. The largest absolute Gasteiger partial charge is 2.00 e. The molecule has 2 atom stereocenters. The molecule has 0 amide bonds. The molecule has 0 spiro atoms. The summed E-state index contributed by atoms with van der Waals surface area (Å²) in [5.74, 6) is -3.96. The molecule has 0 aromatic heterocycles. The van der Waals surface area contributed by atoms with E-state index in [9.17, 15) is 14.2 Å². The Bertz CT molecular complexity index is 293. The van der Waals surface area contributed by atoms with Gasteiger partial charge in [0.25, 0.3) is 0 Å². The van der Waals surface area contributed by atoms with E-state index in [4.69, 9.17) is 25.1 Å². The fourth-order valence-corrected chi connectivity index (χ4v) is 1.02. The summed E-state index contributed by atoms with van der Waals surface area (Å²) in [6.45, 7) is 0. The number of aliphatic carboxylic acids is 2. The number of carbonyl (C=O) groups is 2. The van der Waals surface area contributed by atoms with Crippen LogP contribution >= 0.6 is 7.82 Å². The zero-order valence-corrected chi connectivity index (χ0v) is 10.3. The molecule has 0 saturated carbocycles. The summed E-state index contributed by atoms with van der Waals surface area (Å²) in [5.41, 5.74) is 0. The monoisotopic (exact) mass is 272 g/mol. The van der Waals surface area contributed by atoms with E-state index < -0.39 is 32.0 Å². The molecule has 15 heavy (non-hydrogen) atoms. The minimum absolute atomic E-state index is 0. The van der Waals surface area contributed by atoms with Crippen molar-refractivity contribution in [3.63, 3.8) is 0 Å². The van der Waals surface area contributed by atoms with Crippen LogP contribution in [-0.4, -0.2) is 87.0 Å². The number of hydrogen-bond acceptors (Lipinski definition) is 5. The molecular weight excluding hydrogens is 263 g/mol. The zero-order valence-electron chi connectivity index (χ0n) is 9.18. The number of phosphoric acid groups is 1. The van der Waals surface area contributed by atoms with Gasteiger partial charge in [0.05, 0.1) is 0 Å². The number of carboxylic acid groups (broad SMARTS) is 2. The first-order chi connectivity index (χ1) is 6.15. The molecule has 0 bridgehead atoms. The van der Waals surface area contributed by atoms with Gasteiger partial charge in [0.1, 0.15) is 0 Å². The maximum atomic E-state index is 10.2. The molecule has 5 N–H and O–H groups in total. The van der Waals surface area contributed by atoms with Crippen LogP contribution in [0.3, 0.4) is 0 Å². The second-order valence-corrected chi connectivity index (χ2v) is 3.33. The van der Waals surface area contributed by atoms with Gasteiger partial charge in [0, 0.05) is 0 Å². The smallest absolute Gasteiger partial charge is 1.00 e. The quantitative estimate of drug-likeness (QED) is 0.277. The first kappa shape index (κ1) is 17.7. The predicted molar refractivity (Wildman–Crippen MR) is 46.2 cm³/mol. The van der Waals surface area contributed by atoms with Gasteiger partial charge in [-0.25, -0.2) is 14.2 Å². The van der Waals surface area contributed by atoms with Crippen molar-refractivity contribution < 1.29 is 46.6 Å². The third kappa shape index (κ3) is 7.20. The zero-order chi connectivity index (χ0) is 11.5. The first-order valence-corrected chi connectivity index (χ1v) is 4.56. The second kappa shape index (κ2) is 6.77. The van der Waals surface area contributed by atoms with Crippen molar-refractivity contribution in [1.82, 2.24) is 0 Å². The van der Waals surface area contributed by atoms with Gasteiger partial charge in [-0.1, -0.05) is 0 Å². The van der Waals surface area contributed by atoms with E-state index in [0.717, 1.165) is 0 Å². The molecule has 86 valence electrons. The fourth-order valence-electron chi connectivity index (χ4n) is 0.515. The fraction of sp³-hybridized carbons (Fsp3) is 0.500. The Labute approximate surface area is 116 Å². The maximum absolute atomic E-state index is 10.2. The summed E-state index contributed by atoms with van der Waals surface area (Å²) >= 11 is 0. The van der Waals surface area contributed by atoms with Gasteiger partial charge in [-0.2, -0.15) is 0 Å². The van der Waals surface area contributed by atoms with Crippen LogP contribution < -0.4 is 0 Å². The molecule has 11 heteroatoms. The van der Waals surface area contributed by atoms with E-state index >= 15 is 0 Å². The van der Waals surface area contributed by atoms with Crippen LogP contribution in [0.5, 0.6) is 0 Å². The third-order valence-corrected chi connectivity index (χ3v) is 1.54. The summed E-state index contributed by atoms with van der Waals surface area (Å²) in [6, 6.07) is 0. The molecular formula is C4H9CaO9P. The molecule has 0 rings (SSSR count).